The average Bonchev–Trinajstić information content (AvgIpc) is 3.65. The Morgan fingerprint density at radius 3 is 2.64 bits per heavy atom. The minimum atomic E-state index is -3.34. The molecule has 3 aromatic rings. The third kappa shape index (κ3) is 6.07. The lowest BCUT2D eigenvalue weighted by Gasteiger charge is -2.31. The van der Waals surface area contributed by atoms with Crippen LogP contribution in [-0.4, -0.2) is 66.7 Å². The maximum absolute atomic E-state index is 16.1. The monoisotopic (exact) mass is 642 g/mol. The van der Waals surface area contributed by atoms with Gasteiger partial charge in [0, 0.05) is 47.8 Å². The summed E-state index contributed by atoms with van der Waals surface area (Å²) in [5.74, 6) is -1.26. The van der Waals surface area contributed by atoms with Crippen molar-refractivity contribution in [2.45, 2.75) is 75.4 Å². The van der Waals surface area contributed by atoms with Crippen LogP contribution >= 0.6 is 11.6 Å². The minimum Gasteiger partial charge on any atom is -0.469 e. The maximum Gasteiger partial charge on any atom is 0.305 e. The van der Waals surface area contributed by atoms with E-state index in [0.29, 0.717) is 54.3 Å². The van der Waals surface area contributed by atoms with E-state index in [1.54, 1.807) is 41.0 Å². The van der Waals surface area contributed by atoms with Gasteiger partial charge >= 0.3 is 5.97 Å². The summed E-state index contributed by atoms with van der Waals surface area (Å²) >= 11 is 6.46. The van der Waals surface area contributed by atoms with Crippen LogP contribution < -0.4 is 4.90 Å². The molecule has 1 aromatic heterocycles. The van der Waals surface area contributed by atoms with E-state index in [2.05, 4.69) is 10.3 Å². The molecule has 1 fully saturated rings. The SMILES string of the molecule is COC(=O)CCCCN1C(=O)[C@@]2(O[C@@H](CCn3cc(C(CO)c4ccccc4)nn3)[C@H]([Si](C)(C)F)[C@H]2C)c2cc(Cl)ccc21. The molecule has 5 rings (SSSR count). The molecule has 2 aliphatic heterocycles. The summed E-state index contributed by atoms with van der Waals surface area (Å²) in [7, 11) is -1.98. The van der Waals surface area contributed by atoms with Gasteiger partial charge in [-0.2, -0.15) is 0 Å². The number of aromatic nitrogens is 3. The number of aliphatic hydroxyl groups is 1. The third-order valence-corrected chi connectivity index (χ3v) is 11.8. The lowest BCUT2D eigenvalue weighted by Crippen LogP contribution is -2.45. The summed E-state index contributed by atoms with van der Waals surface area (Å²) < 4.78 is 29.4. The number of carbonyl (C=O) groups excluding carboxylic acids is 2. The molecule has 0 radical (unpaired) electrons. The summed E-state index contributed by atoms with van der Waals surface area (Å²) in [5.41, 5.74) is 1.13. The predicted octanol–water partition coefficient (Wildman–Crippen LogP) is 5.61. The lowest BCUT2D eigenvalue weighted by molar-refractivity contribution is -0.146. The summed E-state index contributed by atoms with van der Waals surface area (Å²) in [6.07, 6.45) is 3.13. The first-order valence-corrected chi connectivity index (χ1v) is 18.5. The largest absolute Gasteiger partial charge is 0.469 e. The first-order chi connectivity index (χ1) is 21.0. The Morgan fingerprint density at radius 2 is 1.95 bits per heavy atom. The standard InChI is InChI=1S/C32H40ClFN4O5Si/c1-21-30(44(3,4)34)28(15-17-37-19-26(35-36-37)24(20-39)22-10-6-5-7-11-22)43-32(21)25-18-23(33)13-14-27(25)38(31(32)41)16-9-8-12-29(40)42-2/h5-7,10-11,13-14,18-19,21,24,28,30,39H,8-9,12,15-17,20H2,1-4H3/t21-,24?,28+,30-,32+/m1/s1. The maximum atomic E-state index is 16.1. The molecule has 1 saturated heterocycles. The van der Waals surface area contributed by atoms with Crippen LogP contribution in [0.1, 0.15) is 55.3 Å². The number of ether oxygens (including phenoxy) is 2. The second-order valence-electron chi connectivity index (χ2n) is 12.3. The molecule has 12 heteroatoms. The third-order valence-electron chi connectivity index (χ3n) is 9.10. The van der Waals surface area contributed by atoms with E-state index in [1.165, 1.54) is 7.11 Å². The number of fused-ring (bicyclic) bond motifs is 2. The summed E-state index contributed by atoms with van der Waals surface area (Å²) in [5, 5.41) is 19.2. The van der Waals surface area contributed by atoms with E-state index >= 15 is 4.11 Å². The van der Waals surface area contributed by atoms with Crippen molar-refractivity contribution >= 4 is 37.6 Å². The van der Waals surface area contributed by atoms with Gasteiger partial charge in [0.05, 0.1) is 37.1 Å². The first kappa shape index (κ1) is 32.3. The highest BCUT2D eigenvalue weighted by molar-refractivity contribution is 6.72. The molecule has 236 valence electrons. The van der Waals surface area contributed by atoms with Gasteiger partial charge in [-0.3, -0.25) is 14.3 Å². The van der Waals surface area contributed by atoms with Gasteiger partial charge in [-0.1, -0.05) is 54.1 Å². The van der Waals surface area contributed by atoms with Crippen molar-refractivity contribution in [1.29, 1.82) is 0 Å². The van der Waals surface area contributed by atoms with Gasteiger partial charge in [0.1, 0.15) is 0 Å². The molecule has 3 heterocycles. The molecule has 44 heavy (non-hydrogen) atoms. The summed E-state index contributed by atoms with van der Waals surface area (Å²) in [6, 6.07) is 15.0. The molecule has 0 bridgehead atoms. The van der Waals surface area contributed by atoms with Gasteiger partial charge in [-0.15, -0.1) is 5.10 Å². The van der Waals surface area contributed by atoms with Crippen LogP contribution in [0.5, 0.6) is 0 Å². The molecule has 1 N–H and O–H groups in total. The predicted molar refractivity (Wildman–Crippen MR) is 168 cm³/mol. The Morgan fingerprint density at radius 1 is 1.20 bits per heavy atom. The molecule has 0 aliphatic carbocycles. The molecule has 2 aliphatic rings. The van der Waals surface area contributed by atoms with E-state index < -0.39 is 31.6 Å². The molecular formula is C32H40ClFN4O5Si. The van der Waals surface area contributed by atoms with E-state index in [9.17, 15) is 14.7 Å². The number of anilines is 1. The number of methoxy groups -OCH3 is 1. The second-order valence-corrected chi connectivity index (χ2v) is 16.5. The molecule has 5 atom stereocenters. The van der Waals surface area contributed by atoms with Crippen LogP contribution in [0.3, 0.4) is 0 Å². The number of nitrogens with zero attached hydrogens (tertiary/aromatic N) is 4. The Kier molecular flexibility index (Phi) is 9.60. The first-order valence-electron chi connectivity index (χ1n) is 15.1. The van der Waals surface area contributed by atoms with Crippen molar-refractivity contribution in [3.05, 3.63) is 76.6 Å². The number of benzene rings is 2. The molecule has 1 spiro atoms. The fraction of sp³-hybridized carbons (Fsp3) is 0.500. The fourth-order valence-corrected chi connectivity index (χ4v) is 9.76. The average molecular weight is 643 g/mol. The number of aryl methyl sites for hydroxylation is 1. The highest BCUT2D eigenvalue weighted by Crippen LogP contribution is 2.60. The van der Waals surface area contributed by atoms with Gasteiger partial charge < -0.3 is 23.6 Å². The van der Waals surface area contributed by atoms with Crippen LogP contribution in [0, 0.1) is 5.92 Å². The van der Waals surface area contributed by atoms with Gasteiger partial charge in [0.25, 0.3) is 5.91 Å². The van der Waals surface area contributed by atoms with Crippen molar-refractivity contribution in [3.63, 3.8) is 0 Å². The quantitative estimate of drug-likeness (QED) is 0.118. The smallest absolute Gasteiger partial charge is 0.305 e. The van der Waals surface area contributed by atoms with E-state index in [4.69, 9.17) is 21.1 Å². The van der Waals surface area contributed by atoms with Crippen molar-refractivity contribution in [2.24, 2.45) is 5.92 Å². The fourth-order valence-electron chi connectivity index (χ4n) is 7.05. The highest BCUT2D eigenvalue weighted by Gasteiger charge is 2.66. The van der Waals surface area contributed by atoms with Crippen LogP contribution in [0.15, 0.2) is 54.7 Å². The Labute approximate surface area is 263 Å². The number of esters is 1. The molecule has 0 saturated carbocycles. The van der Waals surface area contributed by atoms with Gasteiger partial charge in [-0.05, 0) is 56.1 Å². The van der Waals surface area contributed by atoms with Crippen LogP contribution in [0.25, 0.3) is 0 Å². The lowest BCUT2D eigenvalue weighted by atomic mass is 9.82. The molecule has 2 aromatic carbocycles. The van der Waals surface area contributed by atoms with E-state index in [0.717, 1.165) is 5.56 Å². The zero-order chi connectivity index (χ0) is 31.6. The van der Waals surface area contributed by atoms with Crippen molar-refractivity contribution in [3.8, 4) is 0 Å². The number of hydrogen-bond donors (Lipinski definition) is 1. The van der Waals surface area contributed by atoms with Crippen molar-refractivity contribution in [2.75, 3.05) is 25.2 Å². The van der Waals surface area contributed by atoms with Gasteiger partial charge in [-0.25, -0.2) is 0 Å². The van der Waals surface area contributed by atoms with Crippen molar-refractivity contribution < 1.29 is 28.3 Å². The van der Waals surface area contributed by atoms with Crippen LogP contribution in [-0.2, 0) is 31.2 Å². The highest BCUT2D eigenvalue weighted by atomic mass is 35.5. The summed E-state index contributed by atoms with van der Waals surface area (Å²) in [6.45, 7) is 5.95. The second kappa shape index (κ2) is 13.1. The van der Waals surface area contributed by atoms with Gasteiger partial charge in [0.2, 0.25) is 8.41 Å². The Hall–Kier alpha value is -3.12. The van der Waals surface area contributed by atoms with Gasteiger partial charge in [0.15, 0.2) is 5.60 Å². The number of amides is 1. The number of rotatable bonds is 12. The normalized spacial score (nSPS) is 23.8. The zero-order valence-electron chi connectivity index (χ0n) is 25.6. The number of unbranched alkanes of at least 4 members (excludes halogenated alkanes) is 1. The number of hydrogen-bond acceptors (Lipinski definition) is 7. The van der Waals surface area contributed by atoms with E-state index in [1.807, 2.05) is 43.3 Å². The van der Waals surface area contributed by atoms with Crippen LogP contribution in [0.4, 0.5) is 9.80 Å². The molecule has 9 nitrogen and oxygen atoms in total. The Balaban J connectivity index is 1.39. The minimum absolute atomic E-state index is 0.110. The molecule has 1 unspecified atom stereocenters. The van der Waals surface area contributed by atoms with E-state index in [-0.39, 0.29) is 30.8 Å². The number of aliphatic hydroxyl groups excluding tert-OH is 1. The summed E-state index contributed by atoms with van der Waals surface area (Å²) in [4.78, 5) is 27.7. The topological polar surface area (TPSA) is 107 Å². The van der Waals surface area contributed by atoms with Crippen molar-refractivity contribution in [1.82, 2.24) is 15.0 Å². The zero-order valence-corrected chi connectivity index (χ0v) is 27.3. The van der Waals surface area contributed by atoms with Crippen LogP contribution in [0.2, 0.25) is 23.7 Å². The number of halogens is 2. The number of carbonyl (C=O) groups is 2. The molecule has 1 amide bonds. The molecular weight excluding hydrogens is 603 g/mol. The Bertz CT molecular complexity index is 1480.